The molecule has 27 heavy (non-hydrogen) atoms. The Labute approximate surface area is 175 Å². The molecule has 0 saturated carbocycles. The van der Waals surface area contributed by atoms with Crippen LogP contribution in [0.2, 0.25) is 0 Å². The van der Waals surface area contributed by atoms with E-state index in [1.807, 2.05) is 37.3 Å². The summed E-state index contributed by atoms with van der Waals surface area (Å²) in [4.78, 5) is 14.8. The number of benzene rings is 2. The van der Waals surface area contributed by atoms with Crippen LogP contribution in [0.3, 0.4) is 0 Å². The van der Waals surface area contributed by atoms with Gasteiger partial charge in [0.1, 0.15) is 18.1 Å². The van der Waals surface area contributed by atoms with Gasteiger partial charge in [0, 0.05) is 21.7 Å². The minimum Gasteiger partial charge on any atom is -0.494 e. The normalized spacial score (nSPS) is 10.7. The van der Waals surface area contributed by atoms with Gasteiger partial charge in [-0.15, -0.1) is 0 Å². The zero-order valence-corrected chi connectivity index (χ0v) is 18.5. The minimum atomic E-state index is -0.165. The Morgan fingerprint density at radius 2 is 1.89 bits per heavy atom. The number of likely N-dealkylation sites (N-methyl/N-ethyl adjacent to an activating group) is 1. The van der Waals surface area contributed by atoms with E-state index < -0.39 is 0 Å². The predicted molar refractivity (Wildman–Crippen MR) is 118 cm³/mol. The fourth-order valence-electron chi connectivity index (χ4n) is 2.63. The summed E-state index contributed by atoms with van der Waals surface area (Å²) in [6, 6.07) is 11.1. The highest BCUT2D eigenvalue weighted by molar-refractivity contribution is 14.1. The smallest absolute Gasteiger partial charge is 0.255 e. The molecule has 0 atom stereocenters. The van der Waals surface area contributed by atoms with E-state index >= 15 is 0 Å². The van der Waals surface area contributed by atoms with E-state index in [1.54, 1.807) is 13.2 Å². The summed E-state index contributed by atoms with van der Waals surface area (Å²) in [6.45, 7) is 9.79. The third-order valence-electron chi connectivity index (χ3n) is 4.43. The number of amides is 1. The van der Waals surface area contributed by atoms with Gasteiger partial charge in [-0.2, -0.15) is 0 Å². The van der Waals surface area contributed by atoms with Gasteiger partial charge in [0.25, 0.3) is 5.91 Å². The molecule has 146 valence electrons. The van der Waals surface area contributed by atoms with Gasteiger partial charge in [-0.05, 0) is 72.4 Å². The van der Waals surface area contributed by atoms with Crippen LogP contribution in [-0.2, 0) is 0 Å². The van der Waals surface area contributed by atoms with E-state index in [9.17, 15) is 4.79 Å². The first-order valence-electron chi connectivity index (χ1n) is 9.09. The Balaban J connectivity index is 2.04. The van der Waals surface area contributed by atoms with Crippen molar-refractivity contribution in [2.75, 3.05) is 38.7 Å². The number of nitrogens with zero attached hydrogens (tertiary/aromatic N) is 1. The monoisotopic (exact) mass is 482 g/mol. The second-order valence-electron chi connectivity index (χ2n) is 6.16. The molecule has 2 aromatic carbocycles. The van der Waals surface area contributed by atoms with Crippen molar-refractivity contribution in [3.05, 3.63) is 51.1 Å². The van der Waals surface area contributed by atoms with Crippen molar-refractivity contribution in [3.8, 4) is 11.5 Å². The van der Waals surface area contributed by atoms with Crippen LogP contribution < -0.4 is 14.8 Å². The average molecular weight is 482 g/mol. The van der Waals surface area contributed by atoms with E-state index in [2.05, 4.69) is 46.7 Å². The fraction of sp³-hybridized carbons (Fsp3) is 0.381. The molecule has 0 spiro atoms. The van der Waals surface area contributed by atoms with Crippen LogP contribution >= 0.6 is 22.6 Å². The highest BCUT2D eigenvalue weighted by Crippen LogP contribution is 2.29. The molecule has 0 aliphatic carbocycles. The van der Waals surface area contributed by atoms with Gasteiger partial charge in [-0.1, -0.05) is 19.9 Å². The topological polar surface area (TPSA) is 50.8 Å². The molecule has 0 saturated heterocycles. The molecular formula is C21H27IN2O3. The number of halogens is 1. The lowest BCUT2D eigenvalue weighted by atomic mass is 10.1. The van der Waals surface area contributed by atoms with E-state index in [0.29, 0.717) is 23.6 Å². The zero-order chi connectivity index (χ0) is 19.8. The van der Waals surface area contributed by atoms with E-state index in [0.717, 1.165) is 34.5 Å². The maximum atomic E-state index is 12.5. The van der Waals surface area contributed by atoms with Crippen LogP contribution in [0.1, 0.15) is 29.8 Å². The number of aryl methyl sites for hydroxylation is 1. The zero-order valence-electron chi connectivity index (χ0n) is 16.3. The minimum absolute atomic E-state index is 0.165. The van der Waals surface area contributed by atoms with Crippen LogP contribution in [0.4, 0.5) is 5.69 Å². The maximum Gasteiger partial charge on any atom is 0.255 e. The summed E-state index contributed by atoms with van der Waals surface area (Å²) in [5, 5.41) is 2.91. The molecule has 2 rings (SSSR count). The molecule has 5 nitrogen and oxygen atoms in total. The lowest BCUT2D eigenvalue weighted by Gasteiger charge is -2.18. The van der Waals surface area contributed by atoms with Crippen molar-refractivity contribution in [1.29, 1.82) is 0 Å². The SMILES string of the molecule is CCN(CC)CCOc1ccc(NC(=O)c2ccc(C)c(I)c2)c(OC)c1. The molecule has 0 radical (unpaired) electrons. The first-order valence-corrected chi connectivity index (χ1v) is 10.2. The molecule has 1 N–H and O–H groups in total. The lowest BCUT2D eigenvalue weighted by molar-refractivity contribution is 0.102. The van der Waals surface area contributed by atoms with Crippen molar-refractivity contribution >= 4 is 34.2 Å². The molecule has 0 fully saturated rings. The first kappa shape index (κ1) is 21.5. The van der Waals surface area contributed by atoms with Crippen LogP contribution in [-0.4, -0.2) is 44.2 Å². The number of ether oxygens (including phenoxy) is 2. The highest BCUT2D eigenvalue weighted by Gasteiger charge is 2.12. The fourth-order valence-corrected chi connectivity index (χ4v) is 3.14. The van der Waals surface area contributed by atoms with Crippen LogP contribution in [0.25, 0.3) is 0 Å². The number of carbonyl (C=O) groups is 1. The summed E-state index contributed by atoms with van der Waals surface area (Å²) in [6.07, 6.45) is 0. The Morgan fingerprint density at radius 3 is 2.52 bits per heavy atom. The summed E-state index contributed by atoms with van der Waals surface area (Å²) in [5.74, 6) is 1.13. The summed E-state index contributed by atoms with van der Waals surface area (Å²) in [7, 11) is 1.58. The van der Waals surface area contributed by atoms with Crippen LogP contribution in [0, 0.1) is 10.5 Å². The Morgan fingerprint density at radius 1 is 1.15 bits per heavy atom. The third-order valence-corrected chi connectivity index (χ3v) is 5.59. The second kappa shape index (κ2) is 10.5. The molecule has 1 amide bonds. The predicted octanol–water partition coefficient (Wildman–Crippen LogP) is 4.58. The molecule has 0 unspecified atom stereocenters. The number of rotatable bonds is 9. The molecule has 0 aliphatic heterocycles. The van der Waals surface area contributed by atoms with E-state index in [-0.39, 0.29) is 5.91 Å². The van der Waals surface area contributed by atoms with Crippen molar-refractivity contribution in [3.63, 3.8) is 0 Å². The number of methoxy groups -OCH3 is 1. The average Bonchev–Trinajstić information content (AvgIpc) is 2.68. The summed E-state index contributed by atoms with van der Waals surface area (Å²) >= 11 is 2.23. The van der Waals surface area contributed by atoms with Crippen molar-refractivity contribution in [1.82, 2.24) is 4.90 Å². The number of hydrogen-bond acceptors (Lipinski definition) is 4. The quantitative estimate of drug-likeness (QED) is 0.532. The standard InChI is InChI=1S/C21H27IN2O3/c1-5-24(6-2)11-12-27-17-9-10-19(20(14-17)26-4)23-21(25)16-8-7-15(3)18(22)13-16/h7-10,13-14H,5-6,11-12H2,1-4H3,(H,23,25). The second-order valence-corrected chi connectivity index (χ2v) is 7.32. The molecule has 0 heterocycles. The number of nitrogens with one attached hydrogen (secondary N) is 1. The Kier molecular flexibility index (Phi) is 8.37. The van der Waals surface area contributed by atoms with E-state index in [1.165, 1.54) is 0 Å². The molecular weight excluding hydrogens is 455 g/mol. The van der Waals surface area contributed by atoms with Gasteiger partial charge in [0.15, 0.2) is 0 Å². The molecule has 2 aromatic rings. The Hall–Kier alpha value is -1.80. The van der Waals surface area contributed by atoms with Crippen LogP contribution in [0.15, 0.2) is 36.4 Å². The van der Waals surface area contributed by atoms with Crippen molar-refractivity contribution < 1.29 is 14.3 Å². The van der Waals surface area contributed by atoms with Gasteiger partial charge in [-0.25, -0.2) is 0 Å². The Bertz CT molecular complexity index is 776. The largest absolute Gasteiger partial charge is 0.494 e. The van der Waals surface area contributed by atoms with Gasteiger partial charge >= 0.3 is 0 Å². The van der Waals surface area contributed by atoms with Crippen molar-refractivity contribution in [2.24, 2.45) is 0 Å². The van der Waals surface area contributed by atoms with Crippen LogP contribution in [0.5, 0.6) is 11.5 Å². The summed E-state index contributed by atoms with van der Waals surface area (Å²) < 4.78 is 12.3. The first-order chi connectivity index (χ1) is 13.0. The van der Waals surface area contributed by atoms with Gasteiger partial charge in [0.05, 0.1) is 12.8 Å². The highest BCUT2D eigenvalue weighted by atomic mass is 127. The number of carbonyl (C=O) groups excluding carboxylic acids is 1. The van der Waals surface area contributed by atoms with Gasteiger partial charge in [0.2, 0.25) is 0 Å². The molecule has 0 aliphatic rings. The molecule has 0 bridgehead atoms. The number of anilines is 1. The molecule has 6 heteroatoms. The van der Waals surface area contributed by atoms with Gasteiger partial charge < -0.3 is 19.7 Å². The summed E-state index contributed by atoms with van der Waals surface area (Å²) in [5.41, 5.74) is 2.39. The maximum absolute atomic E-state index is 12.5. The molecule has 0 aromatic heterocycles. The number of hydrogen-bond donors (Lipinski definition) is 1. The van der Waals surface area contributed by atoms with Gasteiger partial charge in [-0.3, -0.25) is 4.79 Å². The van der Waals surface area contributed by atoms with Crippen molar-refractivity contribution in [2.45, 2.75) is 20.8 Å². The van der Waals surface area contributed by atoms with E-state index in [4.69, 9.17) is 9.47 Å². The lowest BCUT2D eigenvalue weighted by Crippen LogP contribution is -2.27. The third kappa shape index (κ3) is 6.10.